The van der Waals surface area contributed by atoms with E-state index in [0.717, 1.165) is 49.6 Å². The van der Waals surface area contributed by atoms with E-state index in [1.807, 2.05) is 36.5 Å². The van der Waals surface area contributed by atoms with Gasteiger partial charge in [-0.3, -0.25) is 9.69 Å². The minimum Gasteiger partial charge on any atom is -0.467 e. The van der Waals surface area contributed by atoms with Gasteiger partial charge in [-0.1, -0.05) is 30.3 Å². The van der Waals surface area contributed by atoms with E-state index < -0.39 is 0 Å². The number of carbonyl (C=O) groups excluding carboxylic acids is 1. The summed E-state index contributed by atoms with van der Waals surface area (Å²) in [5.41, 5.74) is 1.15. The van der Waals surface area contributed by atoms with Crippen molar-refractivity contribution in [1.82, 2.24) is 19.8 Å². The van der Waals surface area contributed by atoms with Gasteiger partial charge in [0.25, 0.3) is 0 Å². The van der Waals surface area contributed by atoms with Crippen LogP contribution in [-0.4, -0.2) is 40.0 Å². The van der Waals surface area contributed by atoms with Crippen molar-refractivity contribution in [2.24, 2.45) is 5.92 Å². The van der Waals surface area contributed by atoms with Gasteiger partial charge in [-0.25, -0.2) is 4.98 Å². The summed E-state index contributed by atoms with van der Waals surface area (Å²) in [5.74, 6) is 2.47. The Kier molecular flexibility index (Phi) is 5.87. The number of imidazole rings is 1. The van der Waals surface area contributed by atoms with Crippen LogP contribution in [0, 0.1) is 5.92 Å². The molecular formula is C22H26N4O2. The molecule has 1 saturated heterocycles. The van der Waals surface area contributed by atoms with Crippen LogP contribution in [0.5, 0.6) is 0 Å². The van der Waals surface area contributed by atoms with Gasteiger partial charge in [0.2, 0.25) is 5.91 Å². The SMILES string of the molecule is O=C(CN1CCC(Cn2ccnc2-c2ccccc2)CC1)NCc1ccco1. The van der Waals surface area contributed by atoms with E-state index in [9.17, 15) is 4.79 Å². The molecule has 0 spiro atoms. The molecule has 146 valence electrons. The highest BCUT2D eigenvalue weighted by molar-refractivity contribution is 5.77. The molecule has 1 amide bonds. The molecule has 1 fully saturated rings. The maximum Gasteiger partial charge on any atom is 0.234 e. The van der Waals surface area contributed by atoms with Gasteiger partial charge in [-0.15, -0.1) is 0 Å². The largest absolute Gasteiger partial charge is 0.467 e. The first-order chi connectivity index (χ1) is 13.8. The monoisotopic (exact) mass is 378 g/mol. The summed E-state index contributed by atoms with van der Waals surface area (Å²) in [6, 6.07) is 14.0. The van der Waals surface area contributed by atoms with Crippen LogP contribution in [0.2, 0.25) is 0 Å². The maximum atomic E-state index is 12.1. The Bertz CT molecular complexity index is 865. The zero-order valence-electron chi connectivity index (χ0n) is 16.0. The molecule has 6 nitrogen and oxygen atoms in total. The van der Waals surface area contributed by atoms with Gasteiger partial charge in [0, 0.05) is 24.5 Å². The van der Waals surface area contributed by atoms with E-state index in [1.165, 1.54) is 0 Å². The minimum atomic E-state index is 0.0517. The fourth-order valence-corrected chi connectivity index (χ4v) is 3.77. The predicted molar refractivity (Wildman–Crippen MR) is 107 cm³/mol. The van der Waals surface area contributed by atoms with Crippen LogP contribution in [0.15, 0.2) is 65.5 Å². The normalized spacial score (nSPS) is 15.6. The number of benzene rings is 1. The first-order valence-corrected chi connectivity index (χ1v) is 9.86. The van der Waals surface area contributed by atoms with E-state index in [2.05, 4.69) is 38.1 Å². The van der Waals surface area contributed by atoms with E-state index in [-0.39, 0.29) is 5.91 Å². The average molecular weight is 378 g/mol. The lowest BCUT2D eigenvalue weighted by atomic mass is 9.96. The second kappa shape index (κ2) is 8.89. The Balaban J connectivity index is 1.24. The van der Waals surface area contributed by atoms with Crippen LogP contribution < -0.4 is 5.32 Å². The quantitative estimate of drug-likeness (QED) is 0.686. The molecule has 1 aliphatic rings. The summed E-state index contributed by atoms with van der Waals surface area (Å²) in [7, 11) is 0. The molecule has 1 N–H and O–H groups in total. The van der Waals surface area contributed by atoms with E-state index in [0.29, 0.717) is 19.0 Å². The second-order valence-electron chi connectivity index (χ2n) is 7.34. The van der Waals surface area contributed by atoms with Crippen molar-refractivity contribution >= 4 is 5.91 Å². The van der Waals surface area contributed by atoms with Crippen molar-refractivity contribution in [2.45, 2.75) is 25.9 Å². The molecule has 28 heavy (non-hydrogen) atoms. The Morgan fingerprint density at radius 3 is 2.71 bits per heavy atom. The number of rotatable bonds is 7. The molecule has 0 aliphatic carbocycles. The number of amides is 1. The van der Waals surface area contributed by atoms with Crippen molar-refractivity contribution in [3.63, 3.8) is 0 Å². The topological polar surface area (TPSA) is 63.3 Å². The van der Waals surface area contributed by atoms with Gasteiger partial charge >= 0.3 is 0 Å². The van der Waals surface area contributed by atoms with Gasteiger partial charge in [0.1, 0.15) is 11.6 Å². The highest BCUT2D eigenvalue weighted by atomic mass is 16.3. The van der Waals surface area contributed by atoms with E-state index in [1.54, 1.807) is 6.26 Å². The first kappa shape index (κ1) is 18.5. The van der Waals surface area contributed by atoms with E-state index in [4.69, 9.17) is 4.42 Å². The summed E-state index contributed by atoms with van der Waals surface area (Å²) in [4.78, 5) is 18.9. The first-order valence-electron chi connectivity index (χ1n) is 9.86. The van der Waals surface area contributed by atoms with Gasteiger partial charge in [-0.2, -0.15) is 0 Å². The van der Waals surface area contributed by atoms with Gasteiger partial charge in [0.05, 0.1) is 19.4 Å². The number of likely N-dealkylation sites (tertiary alicyclic amines) is 1. The fourth-order valence-electron chi connectivity index (χ4n) is 3.77. The molecule has 1 aliphatic heterocycles. The van der Waals surface area contributed by atoms with Crippen molar-refractivity contribution < 1.29 is 9.21 Å². The summed E-state index contributed by atoms with van der Waals surface area (Å²) >= 11 is 0. The summed E-state index contributed by atoms with van der Waals surface area (Å²) in [6.45, 7) is 3.78. The van der Waals surface area contributed by atoms with Gasteiger partial charge in [-0.05, 0) is 44.0 Å². The van der Waals surface area contributed by atoms with Crippen LogP contribution in [0.25, 0.3) is 11.4 Å². The summed E-state index contributed by atoms with van der Waals surface area (Å²) < 4.78 is 7.50. The molecule has 0 bridgehead atoms. The highest BCUT2D eigenvalue weighted by Gasteiger charge is 2.22. The molecule has 3 aromatic rings. The van der Waals surface area contributed by atoms with Crippen LogP contribution >= 0.6 is 0 Å². The average Bonchev–Trinajstić information content (AvgIpc) is 3.41. The zero-order chi connectivity index (χ0) is 19.2. The Hall–Kier alpha value is -2.86. The number of nitrogens with one attached hydrogen (secondary N) is 1. The van der Waals surface area contributed by atoms with Crippen LogP contribution in [0.4, 0.5) is 0 Å². The Morgan fingerprint density at radius 1 is 1.14 bits per heavy atom. The smallest absolute Gasteiger partial charge is 0.234 e. The minimum absolute atomic E-state index is 0.0517. The molecule has 6 heteroatoms. The fraction of sp³-hybridized carbons (Fsp3) is 0.364. The Morgan fingerprint density at radius 2 is 1.96 bits per heavy atom. The lowest BCUT2D eigenvalue weighted by molar-refractivity contribution is -0.122. The number of piperidine rings is 1. The number of hydrogen-bond acceptors (Lipinski definition) is 4. The molecule has 3 heterocycles. The molecule has 0 atom stereocenters. The number of furan rings is 1. The van der Waals surface area contributed by atoms with Gasteiger partial charge < -0.3 is 14.3 Å². The predicted octanol–water partition coefficient (Wildman–Crippen LogP) is 3.17. The molecule has 0 unspecified atom stereocenters. The lowest BCUT2D eigenvalue weighted by Gasteiger charge is -2.31. The lowest BCUT2D eigenvalue weighted by Crippen LogP contribution is -2.41. The van der Waals surface area contributed by atoms with Crippen molar-refractivity contribution in [1.29, 1.82) is 0 Å². The van der Waals surface area contributed by atoms with Crippen molar-refractivity contribution in [3.8, 4) is 11.4 Å². The number of carbonyl (C=O) groups is 1. The second-order valence-corrected chi connectivity index (χ2v) is 7.34. The van der Waals surface area contributed by atoms with Crippen LogP contribution in [-0.2, 0) is 17.9 Å². The third-order valence-corrected chi connectivity index (χ3v) is 5.32. The zero-order valence-corrected chi connectivity index (χ0v) is 16.0. The van der Waals surface area contributed by atoms with Gasteiger partial charge in [0.15, 0.2) is 0 Å². The standard InChI is InChI=1S/C22H26N4O2/c27-21(24-15-20-7-4-14-28-20)17-25-11-8-18(9-12-25)16-26-13-10-23-22(26)19-5-2-1-3-6-19/h1-7,10,13-14,18H,8-9,11-12,15-17H2,(H,24,27). The number of nitrogens with zero attached hydrogens (tertiary/aromatic N) is 3. The highest BCUT2D eigenvalue weighted by Crippen LogP contribution is 2.23. The van der Waals surface area contributed by atoms with Crippen LogP contribution in [0.3, 0.4) is 0 Å². The summed E-state index contributed by atoms with van der Waals surface area (Å²) in [5, 5.41) is 2.92. The maximum absolute atomic E-state index is 12.1. The van der Waals surface area contributed by atoms with Crippen LogP contribution in [0.1, 0.15) is 18.6 Å². The third kappa shape index (κ3) is 4.70. The van der Waals surface area contributed by atoms with E-state index >= 15 is 0 Å². The number of hydrogen-bond donors (Lipinski definition) is 1. The third-order valence-electron chi connectivity index (χ3n) is 5.32. The van der Waals surface area contributed by atoms with Crippen molar-refractivity contribution in [3.05, 3.63) is 66.9 Å². The Labute approximate surface area is 165 Å². The molecule has 4 rings (SSSR count). The molecule has 1 aromatic carbocycles. The number of aromatic nitrogens is 2. The summed E-state index contributed by atoms with van der Waals surface area (Å²) in [6.07, 6.45) is 7.75. The molecule has 0 saturated carbocycles. The molecular weight excluding hydrogens is 352 g/mol. The van der Waals surface area contributed by atoms with Crippen molar-refractivity contribution in [2.75, 3.05) is 19.6 Å². The molecule has 0 radical (unpaired) electrons. The molecule has 2 aromatic heterocycles.